The first-order valence-electron chi connectivity index (χ1n) is 6.92. The van der Waals surface area contributed by atoms with E-state index in [1.165, 1.54) is 23.1 Å². The van der Waals surface area contributed by atoms with E-state index in [0.29, 0.717) is 9.79 Å². The molecule has 3 nitrogen and oxygen atoms in total. The van der Waals surface area contributed by atoms with Crippen LogP contribution in [0.4, 0.5) is 0 Å². The molecule has 2 heterocycles. The molecule has 118 valence electrons. The lowest BCUT2D eigenvalue weighted by Crippen LogP contribution is -2.02. The Morgan fingerprint density at radius 3 is 2.70 bits per heavy atom. The molecule has 23 heavy (non-hydrogen) atoms. The van der Waals surface area contributed by atoms with Gasteiger partial charge in [-0.2, -0.15) is 0 Å². The highest BCUT2D eigenvalue weighted by Crippen LogP contribution is 2.35. The number of benzene rings is 1. The molecule has 3 aromatic rings. The summed E-state index contributed by atoms with van der Waals surface area (Å²) >= 11 is 2.90. The van der Waals surface area contributed by atoms with E-state index in [1.807, 2.05) is 36.8 Å². The van der Waals surface area contributed by atoms with Crippen LogP contribution in [0.15, 0.2) is 68.0 Å². The lowest BCUT2D eigenvalue weighted by Gasteiger charge is -2.08. The number of hydrogen-bond acceptors (Lipinski definition) is 5. The Hall–Kier alpha value is -1.63. The third kappa shape index (κ3) is 3.06. The number of pyridine rings is 1. The molecule has 0 atom stereocenters. The van der Waals surface area contributed by atoms with Crippen molar-refractivity contribution < 1.29 is 8.42 Å². The third-order valence-electron chi connectivity index (χ3n) is 3.50. The topological polar surface area (TPSA) is 47.0 Å². The highest BCUT2D eigenvalue weighted by Gasteiger charge is 2.22. The van der Waals surface area contributed by atoms with Crippen LogP contribution in [0, 0.1) is 6.92 Å². The lowest BCUT2D eigenvalue weighted by molar-refractivity contribution is 0.595. The first kappa shape index (κ1) is 16.2. The molecule has 0 amide bonds. The number of rotatable bonds is 4. The molecule has 0 spiro atoms. The van der Waals surface area contributed by atoms with Gasteiger partial charge in [-0.1, -0.05) is 18.2 Å². The van der Waals surface area contributed by atoms with Crippen molar-refractivity contribution >= 4 is 32.9 Å². The van der Waals surface area contributed by atoms with Crippen LogP contribution in [-0.4, -0.2) is 19.7 Å². The van der Waals surface area contributed by atoms with Gasteiger partial charge >= 0.3 is 0 Å². The summed E-state index contributed by atoms with van der Waals surface area (Å²) < 4.78 is 26.6. The number of hydrogen-bond donors (Lipinski definition) is 0. The van der Waals surface area contributed by atoms with Crippen molar-refractivity contribution in [2.75, 3.05) is 6.26 Å². The summed E-state index contributed by atoms with van der Waals surface area (Å²) in [5, 5.41) is 1.81. The van der Waals surface area contributed by atoms with E-state index in [4.69, 9.17) is 0 Å². The summed E-state index contributed by atoms with van der Waals surface area (Å²) in [5.74, 6) is 0. The predicted molar refractivity (Wildman–Crippen MR) is 96.0 cm³/mol. The molecule has 0 bridgehead atoms. The van der Waals surface area contributed by atoms with Crippen molar-refractivity contribution in [3.8, 4) is 11.3 Å². The summed E-state index contributed by atoms with van der Waals surface area (Å²) in [5.41, 5.74) is 2.63. The molecule has 3 rings (SSSR count). The summed E-state index contributed by atoms with van der Waals surface area (Å²) in [7, 11) is -3.52. The number of sulfone groups is 1. The Kier molecular flexibility index (Phi) is 4.57. The van der Waals surface area contributed by atoms with Crippen LogP contribution in [-0.2, 0) is 9.84 Å². The number of thiophene rings is 1. The molecule has 2 aromatic heterocycles. The summed E-state index contributed by atoms with van der Waals surface area (Å²) in [6.07, 6.45) is 3.60. The van der Waals surface area contributed by atoms with Gasteiger partial charge in [0.15, 0.2) is 0 Å². The van der Waals surface area contributed by atoms with E-state index < -0.39 is 9.84 Å². The summed E-state index contributed by atoms with van der Waals surface area (Å²) in [4.78, 5) is 5.05. The summed E-state index contributed by atoms with van der Waals surface area (Å²) in [6, 6.07) is 12.5. The molecule has 1 aromatic carbocycles. The van der Waals surface area contributed by atoms with Crippen LogP contribution >= 0.6 is 23.1 Å². The van der Waals surface area contributed by atoms with E-state index in [2.05, 4.69) is 4.98 Å². The SMILES string of the molecule is CSc1sccc1S(=O)(=O)c1cccc(-c2ncccc2C)c1. The molecule has 0 fully saturated rings. The molecule has 0 aliphatic heterocycles. The average Bonchev–Trinajstić information content (AvgIpc) is 3.05. The van der Waals surface area contributed by atoms with E-state index in [1.54, 1.807) is 30.5 Å². The summed E-state index contributed by atoms with van der Waals surface area (Å²) in [6.45, 7) is 1.97. The molecular formula is C17H15NO2S3. The fraction of sp³-hybridized carbons (Fsp3) is 0.118. The second-order valence-electron chi connectivity index (χ2n) is 4.98. The Morgan fingerprint density at radius 1 is 1.13 bits per heavy atom. The first-order chi connectivity index (χ1) is 11.0. The highest BCUT2D eigenvalue weighted by atomic mass is 32.2. The zero-order valence-corrected chi connectivity index (χ0v) is 15.1. The van der Waals surface area contributed by atoms with Gasteiger partial charge in [0.05, 0.1) is 19.7 Å². The Balaban J connectivity index is 2.12. The quantitative estimate of drug-likeness (QED) is 0.633. The van der Waals surface area contributed by atoms with Crippen molar-refractivity contribution in [3.63, 3.8) is 0 Å². The molecule has 0 saturated carbocycles. The van der Waals surface area contributed by atoms with Crippen molar-refractivity contribution in [2.45, 2.75) is 20.9 Å². The molecular weight excluding hydrogens is 346 g/mol. The maximum Gasteiger partial charge on any atom is 0.208 e. The van der Waals surface area contributed by atoms with E-state index in [0.717, 1.165) is 21.0 Å². The minimum Gasteiger partial charge on any atom is -0.256 e. The van der Waals surface area contributed by atoms with Gasteiger partial charge in [-0.3, -0.25) is 4.98 Å². The minimum absolute atomic E-state index is 0.300. The zero-order chi connectivity index (χ0) is 16.4. The second-order valence-corrected chi connectivity index (χ2v) is 8.89. The maximum atomic E-state index is 12.9. The van der Waals surface area contributed by atoms with Crippen LogP contribution in [0.25, 0.3) is 11.3 Å². The molecule has 6 heteroatoms. The Morgan fingerprint density at radius 2 is 1.96 bits per heavy atom. The largest absolute Gasteiger partial charge is 0.256 e. The molecule has 0 radical (unpaired) electrons. The van der Waals surface area contributed by atoms with Crippen molar-refractivity contribution in [1.82, 2.24) is 4.98 Å². The molecule has 0 N–H and O–H groups in total. The Bertz CT molecular complexity index is 946. The van der Waals surface area contributed by atoms with E-state index in [-0.39, 0.29) is 0 Å². The van der Waals surface area contributed by atoms with Gasteiger partial charge in [0.2, 0.25) is 9.84 Å². The number of aryl methyl sites for hydroxylation is 1. The minimum atomic E-state index is -3.52. The van der Waals surface area contributed by atoms with Crippen molar-refractivity contribution in [2.24, 2.45) is 0 Å². The number of nitrogens with zero attached hydrogens (tertiary/aromatic N) is 1. The normalized spacial score (nSPS) is 11.6. The fourth-order valence-corrected chi connectivity index (χ4v) is 6.09. The smallest absolute Gasteiger partial charge is 0.208 e. The van der Waals surface area contributed by atoms with Gasteiger partial charge in [-0.05, 0) is 48.4 Å². The maximum absolute atomic E-state index is 12.9. The van der Waals surface area contributed by atoms with E-state index >= 15 is 0 Å². The van der Waals surface area contributed by atoms with Gasteiger partial charge in [0, 0.05) is 11.8 Å². The Labute approximate surface area is 144 Å². The monoisotopic (exact) mass is 361 g/mol. The zero-order valence-electron chi connectivity index (χ0n) is 12.7. The van der Waals surface area contributed by atoms with Gasteiger partial charge in [-0.25, -0.2) is 8.42 Å². The van der Waals surface area contributed by atoms with Crippen LogP contribution in [0.1, 0.15) is 5.56 Å². The van der Waals surface area contributed by atoms with Crippen LogP contribution in [0.2, 0.25) is 0 Å². The van der Waals surface area contributed by atoms with Crippen LogP contribution < -0.4 is 0 Å². The molecule has 0 unspecified atom stereocenters. The van der Waals surface area contributed by atoms with E-state index in [9.17, 15) is 8.42 Å². The van der Waals surface area contributed by atoms with Gasteiger partial charge in [0.1, 0.15) is 0 Å². The number of aromatic nitrogens is 1. The van der Waals surface area contributed by atoms with Gasteiger partial charge < -0.3 is 0 Å². The average molecular weight is 362 g/mol. The number of thioether (sulfide) groups is 1. The predicted octanol–water partition coefficient (Wildman–Crippen LogP) is 4.67. The van der Waals surface area contributed by atoms with Crippen LogP contribution in [0.3, 0.4) is 0 Å². The molecule has 0 aliphatic carbocycles. The van der Waals surface area contributed by atoms with Crippen LogP contribution in [0.5, 0.6) is 0 Å². The van der Waals surface area contributed by atoms with Gasteiger partial charge in [-0.15, -0.1) is 23.1 Å². The standard InChI is InChI=1S/C17H15NO2S3/c1-12-5-4-9-18-16(12)13-6-3-7-14(11-13)23(19,20)15-8-10-22-17(15)21-2/h3-11H,1-2H3. The lowest BCUT2D eigenvalue weighted by atomic mass is 10.1. The first-order valence-corrected chi connectivity index (χ1v) is 10.5. The van der Waals surface area contributed by atoms with Crippen molar-refractivity contribution in [3.05, 3.63) is 59.6 Å². The highest BCUT2D eigenvalue weighted by molar-refractivity contribution is 8.01. The fourth-order valence-electron chi connectivity index (χ4n) is 2.36. The molecule has 0 saturated heterocycles. The molecule has 0 aliphatic rings. The van der Waals surface area contributed by atoms with Gasteiger partial charge in [0.25, 0.3) is 0 Å². The van der Waals surface area contributed by atoms with Crippen molar-refractivity contribution in [1.29, 1.82) is 0 Å². The second kappa shape index (κ2) is 6.47. The third-order valence-corrected chi connectivity index (χ3v) is 7.64.